The fourth-order valence-corrected chi connectivity index (χ4v) is 1.25. The lowest BCUT2D eigenvalue weighted by molar-refractivity contribution is -0.150. The van der Waals surface area contributed by atoms with E-state index in [9.17, 15) is 9.59 Å². The number of hydrogen-bond acceptors (Lipinski definition) is 6. The lowest BCUT2D eigenvalue weighted by Gasteiger charge is -2.12. The van der Waals surface area contributed by atoms with Gasteiger partial charge in [-0.05, 0) is 25.4 Å². The van der Waals surface area contributed by atoms with E-state index in [1.54, 1.807) is 6.92 Å². The van der Waals surface area contributed by atoms with Gasteiger partial charge in [-0.2, -0.15) is 4.98 Å². The summed E-state index contributed by atoms with van der Waals surface area (Å²) in [6.45, 7) is 3.40. The quantitative estimate of drug-likeness (QED) is 0.621. The molecule has 1 heterocycles. The van der Waals surface area contributed by atoms with E-state index in [0.29, 0.717) is 0 Å². The van der Waals surface area contributed by atoms with Crippen LogP contribution in [0.3, 0.4) is 0 Å². The van der Waals surface area contributed by atoms with Crippen LogP contribution in [0.2, 0.25) is 5.28 Å². The molecule has 0 saturated heterocycles. The second-order valence-electron chi connectivity index (χ2n) is 3.24. The minimum Gasteiger partial charge on any atom is -0.463 e. The van der Waals surface area contributed by atoms with Crippen molar-refractivity contribution in [3.63, 3.8) is 0 Å². The van der Waals surface area contributed by atoms with Crippen LogP contribution in [0.25, 0.3) is 0 Å². The predicted molar refractivity (Wildman–Crippen MR) is 62.3 cm³/mol. The molecule has 1 amide bonds. The number of aromatic nitrogens is 2. The van der Waals surface area contributed by atoms with Crippen LogP contribution in [-0.2, 0) is 9.53 Å². The summed E-state index contributed by atoms with van der Waals surface area (Å²) in [5.41, 5.74) is 4.96. The average Bonchev–Trinajstić information content (AvgIpc) is 2.28. The monoisotopic (exact) mass is 273 g/mol. The summed E-state index contributed by atoms with van der Waals surface area (Å²) in [6, 6.07) is 1.20. The summed E-state index contributed by atoms with van der Waals surface area (Å²) in [4.78, 5) is 29.6. The molecule has 0 bridgehead atoms. The Balaban J connectivity index is 2.84. The maximum Gasteiger partial charge on any atom is 0.347 e. The number of esters is 1. The normalized spacial score (nSPS) is 11.7. The molecule has 98 valence electrons. The van der Waals surface area contributed by atoms with Gasteiger partial charge >= 0.3 is 5.97 Å². The molecule has 18 heavy (non-hydrogen) atoms. The van der Waals surface area contributed by atoms with Crippen molar-refractivity contribution in [1.82, 2.24) is 9.97 Å². The number of carbonyl (C=O) groups excluding carboxylic acids is 2. The molecule has 1 atom stereocenters. The molecule has 1 aromatic rings. The smallest absolute Gasteiger partial charge is 0.347 e. The second-order valence-corrected chi connectivity index (χ2v) is 3.57. The highest BCUT2D eigenvalue weighted by Crippen LogP contribution is 2.14. The van der Waals surface area contributed by atoms with Gasteiger partial charge in [0.15, 0.2) is 6.10 Å². The van der Waals surface area contributed by atoms with Gasteiger partial charge in [0, 0.05) is 6.07 Å². The third-order valence-electron chi connectivity index (χ3n) is 1.84. The zero-order chi connectivity index (χ0) is 13.7. The van der Waals surface area contributed by atoms with E-state index in [4.69, 9.17) is 26.8 Å². The molecule has 1 rings (SSSR count). The standard InChI is InChI=1S/C10H12ClN3O4/c1-3-17-9(16)5(2)18-7-4-6(8(12)15)13-10(11)14-7/h4-5H,3H2,1-2H3,(H2,12,15). The van der Waals surface area contributed by atoms with Crippen LogP contribution in [-0.4, -0.2) is 34.6 Å². The van der Waals surface area contributed by atoms with Gasteiger partial charge in [0.2, 0.25) is 11.2 Å². The van der Waals surface area contributed by atoms with Crippen molar-refractivity contribution in [3.8, 4) is 5.88 Å². The summed E-state index contributed by atoms with van der Waals surface area (Å²) < 4.78 is 9.93. The number of primary amides is 1. The zero-order valence-electron chi connectivity index (χ0n) is 9.84. The maximum absolute atomic E-state index is 11.3. The molecule has 0 fully saturated rings. The molecule has 1 unspecified atom stereocenters. The van der Waals surface area contributed by atoms with Crippen LogP contribution in [0.1, 0.15) is 24.3 Å². The summed E-state index contributed by atoms with van der Waals surface area (Å²) in [5.74, 6) is -1.34. The van der Waals surface area contributed by atoms with E-state index >= 15 is 0 Å². The van der Waals surface area contributed by atoms with Gasteiger partial charge in [0.25, 0.3) is 5.91 Å². The number of rotatable bonds is 5. The molecule has 2 N–H and O–H groups in total. The topological polar surface area (TPSA) is 104 Å². The summed E-state index contributed by atoms with van der Waals surface area (Å²) in [5, 5.41) is -0.197. The summed E-state index contributed by atoms with van der Waals surface area (Å²) in [6.07, 6.45) is -0.878. The first kappa shape index (κ1) is 14.2. The second kappa shape index (κ2) is 6.15. The van der Waals surface area contributed by atoms with Crippen molar-refractivity contribution in [2.24, 2.45) is 5.73 Å². The van der Waals surface area contributed by atoms with Crippen LogP contribution in [0.4, 0.5) is 0 Å². The van der Waals surface area contributed by atoms with Gasteiger partial charge < -0.3 is 15.2 Å². The third-order valence-corrected chi connectivity index (χ3v) is 2.01. The SMILES string of the molecule is CCOC(=O)C(C)Oc1cc(C(N)=O)nc(Cl)n1. The first-order chi connectivity index (χ1) is 8.43. The first-order valence-corrected chi connectivity index (χ1v) is 5.49. The summed E-state index contributed by atoms with van der Waals surface area (Å²) >= 11 is 5.59. The Hall–Kier alpha value is -1.89. The number of amides is 1. The van der Waals surface area contributed by atoms with Crippen molar-refractivity contribution in [3.05, 3.63) is 17.0 Å². The predicted octanol–water partition coefficient (Wildman–Crippen LogP) is 0.559. The molecular formula is C10H12ClN3O4. The Kier molecular flexibility index (Phi) is 4.85. The molecule has 8 heteroatoms. The average molecular weight is 274 g/mol. The van der Waals surface area contributed by atoms with Crippen LogP contribution in [0.5, 0.6) is 5.88 Å². The van der Waals surface area contributed by atoms with E-state index in [-0.39, 0.29) is 23.5 Å². The van der Waals surface area contributed by atoms with Crippen LogP contribution in [0.15, 0.2) is 6.07 Å². The largest absolute Gasteiger partial charge is 0.463 e. The molecule has 0 aliphatic rings. The maximum atomic E-state index is 11.3. The Morgan fingerprint density at radius 3 is 2.72 bits per heavy atom. The van der Waals surface area contributed by atoms with Gasteiger partial charge in [-0.25, -0.2) is 9.78 Å². The van der Waals surface area contributed by atoms with Crippen LogP contribution < -0.4 is 10.5 Å². The number of carbonyl (C=O) groups is 2. The minimum atomic E-state index is -0.878. The highest BCUT2D eigenvalue weighted by molar-refractivity contribution is 6.28. The molecule has 0 aromatic carbocycles. The molecule has 0 aliphatic carbocycles. The number of nitrogens with zero attached hydrogens (tertiary/aromatic N) is 2. The Morgan fingerprint density at radius 2 is 2.17 bits per heavy atom. The number of halogens is 1. The fourth-order valence-electron chi connectivity index (χ4n) is 1.07. The van der Waals surface area contributed by atoms with Gasteiger partial charge in [-0.15, -0.1) is 0 Å². The van der Waals surface area contributed by atoms with Crippen molar-refractivity contribution in [2.75, 3.05) is 6.61 Å². The Labute approximate surface area is 108 Å². The van der Waals surface area contributed by atoms with Crippen LogP contribution >= 0.6 is 11.6 Å². The summed E-state index contributed by atoms with van der Waals surface area (Å²) in [7, 11) is 0. The minimum absolute atomic E-state index is 0.0237. The first-order valence-electron chi connectivity index (χ1n) is 5.11. The van der Waals surface area contributed by atoms with E-state index < -0.39 is 18.0 Å². The molecular weight excluding hydrogens is 262 g/mol. The lowest BCUT2D eigenvalue weighted by atomic mass is 10.4. The van der Waals surface area contributed by atoms with Crippen molar-refractivity contribution in [1.29, 1.82) is 0 Å². The zero-order valence-corrected chi connectivity index (χ0v) is 10.6. The van der Waals surface area contributed by atoms with E-state index in [1.807, 2.05) is 0 Å². The van der Waals surface area contributed by atoms with Crippen LogP contribution in [0, 0.1) is 0 Å². The molecule has 1 aromatic heterocycles. The van der Waals surface area contributed by atoms with Crippen molar-refractivity contribution >= 4 is 23.5 Å². The third kappa shape index (κ3) is 3.85. The fraction of sp³-hybridized carbons (Fsp3) is 0.400. The highest BCUT2D eigenvalue weighted by Gasteiger charge is 2.18. The molecule has 0 saturated carbocycles. The van der Waals surface area contributed by atoms with Gasteiger partial charge in [-0.1, -0.05) is 0 Å². The van der Waals surface area contributed by atoms with Crippen molar-refractivity contribution < 1.29 is 19.1 Å². The Bertz CT molecular complexity index is 466. The van der Waals surface area contributed by atoms with E-state index in [2.05, 4.69) is 9.97 Å². The van der Waals surface area contributed by atoms with Crippen molar-refractivity contribution in [2.45, 2.75) is 20.0 Å². The Morgan fingerprint density at radius 1 is 1.50 bits per heavy atom. The molecule has 7 nitrogen and oxygen atoms in total. The van der Waals surface area contributed by atoms with E-state index in [0.717, 1.165) is 0 Å². The lowest BCUT2D eigenvalue weighted by Crippen LogP contribution is -2.26. The van der Waals surface area contributed by atoms with Gasteiger partial charge in [-0.3, -0.25) is 4.79 Å². The van der Waals surface area contributed by atoms with Gasteiger partial charge in [0.1, 0.15) is 5.69 Å². The molecule has 0 radical (unpaired) electrons. The van der Waals surface area contributed by atoms with E-state index in [1.165, 1.54) is 13.0 Å². The van der Waals surface area contributed by atoms with Gasteiger partial charge in [0.05, 0.1) is 6.61 Å². The molecule has 0 aliphatic heterocycles. The number of ether oxygens (including phenoxy) is 2. The molecule has 0 spiro atoms. The number of nitrogens with two attached hydrogens (primary N) is 1. The highest BCUT2D eigenvalue weighted by atomic mass is 35.5. The number of hydrogen-bond donors (Lipinski definition) is 1.